The summed E-state index contributed by atoms with van der Waals surface area (Å²) >= 11 is 0. The molecule has 0 aliphatic heterocycles. The van der Waals surface area contributed by atoms with E-state index >= 15 is 0 Å². The first-order valence-corrected chi connectivity index (χ1v) is 6.41. The summed E-state index contributed by atoms with van der Waals surface area (Å²) in [6.07, 6.45) is 5.98. The van der Waals surface area contributed by atoms with Gasteiger partial charge in [0, 0.05) is 30.7 Å². The van der Waals surface area contributed by atoms with Gasteiger partial charge in [-0.1, -0.05) is 12.1 Å². The Balaban J connectivity index is 1.90. The molecule has 0 aliphatic carbocycles. The van der Waals surface area contributed by atoms with Gasteiger partial charge in [-0.2, -0.15) is 0 Å². The van der Waals surface area contributed by atoms with Crippen LogP contribution in [0.4, 0.5) is 4.39 Å². The lowest BCUT2D eigenvalue weighted by Crippen LogP contribution is -2.31. The van der Waals surface area contributed by atoms with Gasteiger partial charge in [-0.25, -0.2) is 4.39 Å². The number of hydrogen-bond acceptors (Lipinski definition) is 3. The molecule has 19 heavy (non-hydrogen) atoms. The van der Waals surface area contributed by atoms with E-state index in [0.29, 0.717) is 0 Å². The van der Waals surface area contributed by atoms with Crippen LogP contribution in [0.5, 0.6) is 0 Å². The molecule has 4 heteroatoms. The number of rotatable bonds is 5. The summed E-state index contributed by atoms with van der Waals surface area (Å²) in [4.78, 5) is 8.34. The summed E-state index contributed by atoms with van der Waals surface area (Å²) in [6, 6.07) is 7.05. The summed E-state index contributed by atoms with van der Waals surface area (Å²) in [5, 5.41) is 3.46. The molecule has 1 N–H and O–H groups in total. The first-order valence-electron chi connectivity index (χ1n) is 6.41. The normalized spacial score (nSPS) is 14.1. The van der Waals surface area contributed by atoms with E-state index in [-0.39, 0.29) is 17.9 Å². The smallest absolute Gasteiger partial charge is 0.123 e. The fourth-order valence-corrected chi connectivity index (χ4v) is 2.08. The van der Waals surface area contributed by atoms with E-state index in [4.69, 9.17) is 0 Å². The topological polar surface area (TPSA) is 37.8 Å². The van der Waals surface area contributed by atoms with Gasteiger partial charge in [0.25, 0.3) is 0 Å². The van der Waals surface area contributed by atoms with Gasteiger partial charge in [0.1, 0.15) is 5.82 Å². The number of hydrogen-bond donors (Lipinski definition) is 1. The molecule has 0 saturated heterocycles. The zero-order valence-corrected chi connectivity index (χ0v) is 11.2. The Bertz CT molecular complexity index is 499. The lowest BCUT2D eigenvalue weighted by Gasteiger charge is -2.19. The molecule has 100 valence electrons. The van der Waals surface area contributed by atoms with Crippen molar-refractivity contribution < 1.29 is 4.39 Å². The number of benzene rings is 1. The number of nitrogens with one attached hydrogen (secondary N) is 1. The minimum atomic E-state index is -0.197. The monoisotopic (exact) mass is 259 g/mol. The van der Waals surface area contributed by atoms with Crippen LogP contribution in [0.3, 0.4) is 0 Å². The predicted octanol–water partition coefficient (Wildman–Crippen LogP) is 2.90. The Morgan fingerprint density at radius 2 is 1.89 bits per heavy atom. The SMILES string of the molecule is CC(Cc1ccc(F)cc1)NC(C)c1cnccn1. The van der Waals surface area contributed by atoms with Gasteiger partial charge in [-0.15, -0.1) is 0 Å². The van der Waals surface area contributed by atoms with Crippen LogP contribution < -0.4 is 5.32 Å². The van der Waals surface area contributed by atoms with Gasteiger partial charge >= 0.3 is 0 Å². The first-order chi connectivity index (χ1) is 9.15. The molecule has 0 spiro atoms. The molecular weight excluding hydrogens is 241 g/mol. The van der Waals surface area contributed by atoms with Gasteiger partial charge in [-0.05, 0) is 38.0 Å². The molecule has 3 nitrogen and oxygen atoms in total. The van der Waals surface area contributed by atoms with Gasteiger partial charge in [0.2, 0.25) is 0 Å². The van der Waals surface area contributed by atoms with E-state index < -0.39 is 0 Å². The van der Waals surface area contributed by atoms with Gasteiger partial charge in [-0.3, -0.25) is 9.97 Å². The molecule has 0 radical (unpaired) electrons. The number of aromatic nitrogens is 2. The van der Waals surface area contributed by atoms with Crippen LogP contribution in [-0.4, -0.2) is 16.0 Å². The number of halogens is 1. The summed E-state index contributed by atoms with van der Waals surface area (Å²) in [5.74, 6) is -0.197. The van der Waals surface area contributed by atoms with Crippen molar-refractivity contribution in [1.82, 2.24) is 15.3 Å². The van der Waals surface area contributed by atoms with Crippen LogP contribution in [0.25, 0.3) is 0 Å². The second-order valence-corrected chi connectivity index (χ2v) is 4.75. The molecular formula is C15H18FN3. The van der Waals surface area contributed by atoms with Crippen LogP contribution in [0.1, 0.15) is 31.1 Å². The van der Waals surface area contributed by atoms with Crippen molar-refractivity contribution in [3.05, 3.63) is 59.9 Å². The van der Waals surface area contributed by atoms with Crippen LogP contribution in [-0.2, 0) is 6.42 Å². The molecule has 1 aromatic heterocycles. The van der Waals surface area contributed by atoms with Crippen LogP contribution in [0.2, 0.25) is 0 Å². The maximum Gasteiger partial charge on any atom is 0.123 e. The molecule has 2 unspecified atom stereocenters. The van der Waals surface area contributed by atoms with Crippen molar-refractivity contribution in [3.63, 3.8) is 0 Å². The molecule has 0 amide bonds. The summed E-state index contributed by atoms with van der Waals surface area (Å²) in [5.41, 5.74) is 2.04. The van der Waals surface area contributed by atoms with E-state index in [1.165, 1.54) is 12.1 Å². The Labute approximate surface area is 112 Å². The molecule has 0 bridgehead atoms. The minimum Gasteiger partial charge on any atom is -0.306 e. The highest BCUT2D eigenvalue weighted by molar-refractivity contribution is 5.17. The zero-order chi connectivity index (χ0) is 13.7. The van der Waals surface area contributed by atoms with Crippen molar-refractivity contribution in [3.8, 4) is 0 Å². The average molecular weight is 259 g/mol. The lowest BCUT2D eigenvalue weighted by molar-refractivity contribution is 0.468. The van der Waals surface area contributed by atoms with E-state index in [2.05, 4.69) is 29.1 Å². The number of nitrogens with zero attached hydrogens (tertiary/aromatic N) is 2. The van der Waals surface area contributed by atoms with Crippen molar-refractivity contribution in [2.24, 2.45) is 0 Å². The Morgan fingerprint density at radius 1 is 1.16 bits per heavy atom. The second kappa shape index (κ2) is 6.38. The standard InChI is InChI=1S/C15H18FN3/c1-11(9-13-3-5-14(16)6-4-13)19-12(2)15-10-17-7-8-18-15/h3-8,10-12,19H,9H2,1-2H3. The van der Waals surface area contributed by atoms with Gasteiger partial charge < -0.3 is 5.32 Å². The van der Waals surface area contributed by atoms with Crippen LogP contribution >= 0.6 is 0 Å². The molecule has 0 fully saturated rings. The molecule has 2 atom stereocenters. The van der Waals surface area contributed by atoms with Crippen LogP contribution in [0.15, 0.2) is 42.9 Å². The Kier molecular flexibility index (Phi) is 4.58. The second-order valence-electron chi connectivity index (χ2n) is 4.75. The molecule has 2 aromatic rings. The quantitative estimate of drug-likeness (QED) is 0.897. The largest absolute Gasteiger partial charge is 0.306 e. The van der Waals surface area contributed by atoms with E-state index in [9.17, 15) is 4.39 Å². The van der Waals surface area contributed by atoms with E-state index in [0.717, 1.165) is 17.7 Å². The van der Waals surface area contributed by atoms with E-state index in [1.807, 2.05) is 12.1 Å². The third-order valence-electron chi connectivity index (χ3n) is 3.02. The molecule has 1 aromatic carbocycles. The Hall–Kier alpha value is -1.81. The molecule has 0 aliphatic rings. The predicted molar refractivity (Wildman–Crippen MR) is 73.1 cm³/mol. The summed E-state index contributed by atoms with van der Waals surface area (Å²) < 4.78 is 12.8. The van der Waals surface area contributed by atoms with Crippen molar-refractivity contribution in [2.45, 2.75) is 32.4 Å². The van der Waals surface area contributed by atoms with Gasteiger partial charge in [0.15, 0.2) is 0 Å². The van der Waals surface area contributed by atoms with Crippen molar-refractivity contribution >= 4 is 0 Å². The third kappa shape index (κ3) is 4.10. The Morgan fingerprint density at radius 3 is 2.53 bits per heavy atom. The fraction of sp³-hybridized carbons (Fsp3) is 0.333. The zero-order valence-electron chi connectivity index (χ0n) is 11.2. The lowest BCUT2D eigenvalue weighted by atomic mass is 10.1. The summed E-state index contributed by atoms with van der Waals surface area (Å²) in [6.45, 7) is 4.17. The average Bonchev–Trinajstić information content (AvgIpc) is 2.42. The van der Waals surface area contributed by atoms with Crippen LogP contribution in [0, 0.1) is 5.82 Å². The van der Waals surface area contributed by atoms with E-state index in [1.54, 1.807) is 18.6 Å². The highest BCUT2D eigenvalue weighted by atomic mass is 19.1. The van der Waals surface area contributed by atoms with Gasteiger partial charge in [0.05, 0.1) is 5.69 Å². The third-order valence-corrected chi connectivity index (χ3v) is 3.02. The highest BCUT2D eigenvalue weighted by Gasteiger charge is 2.11. The molecule has 0 saturated carbocycles. The van der Waals surface area contributed by atoms with Crippen molar-refractivity contribution in [2.75, 3.05) is 0 Å². The summed E-state index contributed by atoms with van der Waals surface area (Å²) in [7, 11) is 0. The first kappa shape index (κ1) is 13.6. The molecule has 2 rings (SSSR count). The maximum atomic E-state index is 12.8. The highest BCUT2D eigenvalue weighted by Crippen LogP contribution is 2.11. The maximum absolute atomic E-state index is 12.8. The van der Waals surface area contributed by atoms with Crippen molar-refractivity contribution in [1.29, 1.82) is 0 Å². The molecule has 1 heterocycles. The minimum absolute atomic E-state index is 0.143. The fourth-order valence-electron chi connectivity index (χ4n) is 2.08.